The average Bonchev–Trinajstić information content (AvgIpc) is 2.72. The number of carboxylic acid groups (broad SMARTS) is 1. The summed E-state index contributed by atoms with van der Waals surface area (Å²) in [6.07, 6.45) is 2.34. The molecule has 0 saturated carbocycles. The molecule has 0 bridgehead atoms. The van der Waals surface area contributed by atoms with Gasteiger partial charge in [-0.1, -0.05) is 6.07 Å². The second-order valence-corrected chi connectivity index (χ2v) is 3.43. The Morgan fingerprint density at radius 2 is 2.00 bits per heavy atom. The van der Waals surface area contributed by atoms with Crippen LogP contribution < -0.4 is 0 Å². The maximum absolute atomic E-state index is 13.3. The number of benzene rings is 1. The molecule has 0 atom stereocenters. The third kappa shape index (κ3) is 2.30. The molecule has 0 aliphatic rings. The summed E-state index contributed by atoms with van der Waals surface area (Å²) in [7, 11) is 0. The first-order valence-corrected chi connectivity index (χ1v) is 4.76. The van der Waals surface area contributed by atoms with Crippen molar-refractivity contribution in [2.75, 3.05) is 0 Å². The summed E-state index contributed by atoms with van der Waals surface area (Å²) in [5.41, 5.74) is -0.172. The number of hydrogen-bond acceptors (Lipinski definition) is 2. The van der Waals surface area contributed by atoms with Crippen molar-refractivity contribution in [2.45, 2.75) is 6.54 Å². The van der Waals surface area contributed by atoms with E-state index >= 15 is 0 Å². The fourth-order valence-corrected chi connectivity index (χ4v) is 1.41. The first-order chi connectivity index (χ1) is 8.08. The second kappa shape index (κ2) is 4.32. The van der Waals surface area contributed by atoms with Crippen LogP contribution in [0.5, 0.6) is 0 Å². The molecule has 1 aromatic heterocycles. The lowest BCUT2D eigenvalue weighted by Crippen LogP contribution is -2.05. The minimum atomic E-state index is -1.13. The zero-order valence-electron chi connectivity index (χ0n) is 8.60. The standard InChI is InChI=1S/C11H8F2N2O2/c12-9-2-1-3-10(13)8(9)6-15-5-7(4-14-15)11(16)17/h1-5H,6H2,(H,16,17). The van der Waals surface area contributed by atoms with Crippen LogP contribution in [0.2, 0.25) is 0 Å². The van der Waals surface area contributed by atoms with E-state index in [1.54, 1.807) is 0 Å². The molecule has 0 aliphatic heterocycles. The van der Waals surface area contributed by atoms with Gasteiger partial charge in [0.1, 0.15) is 11.6 Å². The van der Waals surface area contributed by atoms with E-state index in [9.17, 15) is 13.6 Å². The summed E-state index contributed by atoms with van der Waals surface area (Å²) >= 11 is 0. The summed E-state index contributed by atoms with van der Waals surface area (Å²) < 4.78 is 27.8. The quantitative estimate of drug-likeness (QED) is 0.888. The van der Waals surface area contributed by atoms with Gasteiger partial charge in [-0.05, 0) is 12.1 Å². The van der Waals surface area contributed by atoms with E-state index < -0.39 is 17.6 Å². The lowest BCUT2D eigenvalue weighted by Gasteiger charge is -2.04. The number of hydrogen-bond donors (Lipinski definition) is 1. The van der Waals surface area contributed by atoms with Crippen LogP contribution in [0.15, 0.2) is 30.6 Å². The van der Waals surface area contributed by atoms with Crippen LogP contribution in [0.3, 0.4) is 0 Å². The molecule has 0 spiro atoms. The molecule has 0 fully saturated rings. The van der Waals surface area contributed by atoms with Gasteiger partial charge in [0, 0.05) is 11.8 Å². The van der Waals surface area contributed by atoms with Gasteiger partial charge in [0.25, 0.3) is 0 Å². The van der Waals surface area contributed by atoms with Crippen LogP contribution in [0.1, 0.15) is 15.9 Å². The van der Waals surface area contributed by atoms with Crippen molar-refractivity contribution in [3.8, 4) is 0 Å². The molecule has 0 unspecified atom stereocenters. The highest BCUT2D eigenvalue weighted by Gasteiger charge is 2.11. The van der Waals surface area contributed by atoms with Gasteiger partial charge in [0.2, 0.25) is 0 Å². The topological polar surface area (TPSA) is 55.1 Å². The number of carbonyl (C=O) groups is 1. The number of nitrogens with zero attached hydrogens (tertiary/aromatic N) is 2. The Balaban J connectivity index is 2.28. The monoisotopic (exact) mass is 238 g/mol. The highest BCUT2D eigenvalue weighted by atomic mass is 19.1. The summed E-state index contributed by atoms with van der Waals surface area (Å²) in [4.78, 5) is 10.6. The fraction of sp³-hybridized carbons (Fsp3) is 0.0909. The van der Waals surface area contributed by atoms with Gasteiger partial charge in [-0.15, -0.1) is 0 Å². The second-order valence-electron chi connectivity index (χ2n) is 3.43. The van der Waals surface area contributed by atoms with Crippen molar-refractivity contribution in [3.63, 3.8) is 0 Å². The van der Waals surface area contributed by atoms with Crippen LogP contribution in [0.25, 0.3) is 0 Å². The molecular weight excluding hydrogens is 230 g/mol. The number of rotatable bonds is 3. The summed E-state index contributed by atoms with van der Waals surface area (Å²) in [5, 5.41) is 12.4. The Morgan fingerprint density at radius 3 is 2.53 bits per heavy atom. The molecule has 17 heavy (non-hydrogen) atoms. The van der Waals surface area contributed by atoms with E-state index in [1.807, 2.05) is 0 Å². The molecule has 0 saturated heterocycles. The maximum Gasteiger partial charge on any atom is 0.338 e. The highest BCUT2D eigenvalue weighted by Crippen LogP contribution is 2.13. The maximum atomic E-state index is 13.3. The predicted molar refractivity (Wildman–Crippen MR) is 54.6 cm³/mol. The van der Waals surface area contributed by atoms with E-state index in [0.29, 0.717) is 0 Å². The molecule has 0 radical (unpaired) electrons. The van der Waals surface area contributed by atoms with Gasteiger partial charge < -0.3 is 5.11 Å². The predicted octanol–water partition coefficient (Wildman–Crippen LogP) is 1.91. The van der Waals surface area contributed by atoms with Gasteiger partial charge in [-0.3, -0.25) is 4.68 Å². The van der Waals surface area contributed by atoms with Crippen LogP contribution in [-0.4, -0.2) is 20.9 Å². The first-order valence-electron chi connectivity index (χ1n) is 4.76. The Hall–Kier alpha value is -2.24. The largest absolute Gasteiger partial charge is 0.478 e. The lowest BCUT2D eigenvalue weighted by molar-refractivity contribution is 0.0697. The van der Waals surface area contributed by atoms with Crippen molar-refractivity contribution in [1.82, 2.24) is 9.78 Å². The number of carboxylic acids is 1. The minimum absolute atomic E-state index is 0.0262. The van der Waals surface area contributed by atoms with Crippen molar-refractivity contribution in [3.05, 3.63) is 53.4 Å². The zero-order valence-corrected chi connectivity index (χ0v) is 8.60. The number of aromatic carboxylic acids is 1. The van der Waals surface area contributed by atoms with Gasteiger partial charge in [-0.25, -0.2) is 13.6 Å². The molecule has 0 aliphatic carbocycles. The highest BCUT2D eigenvalue weighted by molar-refractivity contribution is 5.86. The van der Waals surface area contributed by atoms with E-state index in [2.05, 4.69) is 5.10 Å². The van der Waals surface area contributed by atoms with Gasteiger partial charge in [0.05, 0.1) is 18.3 Å². The molecule has 0 amide bonds. The molecule has 2 rings (SSSR count). The van der Waals surface area contributed by atoms with E-state index in [0.717, 1.165) is 18.3 Å². The fourth-order valence-electron chi connectivity index (χ4n) is 1.41. The lowest BCUT2D eigenvalue weighted by atomic mass is 10.2. The van der Waals surface area contributed by atoms with Crippen LogP contribution in [0.4, 0.5) is 8.78 Å². The van der Waals surface area contributed by atoms with Crippen molar-refractivity contribution in [2.24, 2.45) is 0 Å². The average molecular weight is 238 g/mol. The molecule has 2 aromatic rings. The Kier molecular flexibility index (Phi) is 2.86. The van der Waals surface area contributed by atoms with E-state index in [4.69, 9.17) is 5.11 Å². The van der Waals surface area contributed by atoms with Crippen LogP contribution in [0, 0.1) is 11.6 Å². The summed E-state index contributed by atoms with van der Waals surface area (Å²) in [5.74, 6) is -2.50. The van der Waals surface area contributed by atoms with Crippen molar-refractivity contribution in [1.29, 1.82) is 0 Å². The van der Waals surface area contributed by atoms with Crippen LogP contribution in [-0.2, 0) is 6.54 Å². The van der Waals surface area contributed by atoms with Gasteiger partial charge in [0.15, 0.2) is 0 Å². The molecule has 1 heterocycles. The zero-order chi connectivity index (χ0) is 12.4. The van der Waals surface area contributed by atoms with Crippen LogP contribution >= 0.6 is 0 Å². The molecule has 4 nitrogen and oxygen atoms in total. The number of aromatic nitrogens is 2. The van der Waals surface area contributed by atoms with Crippen molar-refractivity contribution < 1.29 is 18.7 Å². The first kappa shape index (κ1) is 11.3. The third-order valence-corrected chi connectivity index (χ3v) is 2.26. The van der Waals surface area contributed by atoms with Gasteiger partial charge in [-0.2, -0.15) is 5.10 Å². The molecule has 1 N–H and O–H groups in total. The SMILES string of the molecule is O=C(O)c1cnn(Cc2c(F)cccc2F)c1. The normalized spacial score (nSPS) is 10.5. The smallest absolute Gasteiger partial charge is 0.338 e. The molecular formula is C11H8F2N2O2. The molecule has 1 aromatic carbocycles. The summed E-state index contributed by atoms with van der Waals surface area (Å²) in [6.45, 7) is -0.147. The van der Waals surface area contributed by atoms with Crippen molar-refractivity contribution >= 4 is 5.97 Å². The third-order valence-electron chi connectivity index (χ3n) is 2.26. The van der Waals surface area contributed by atoms with E-state index in [1.165, 1.54) is 16.9 Å². The van der Waals surface area contributed by atoms with Gasteiger partial charge >= 0.3 is 5.97 Å². The minimum Gasteiger partial charge on any atom is -0.478 e. The summed E-state index contributed by atoms with van der Waals surface area (Å²) in [6, 6.07) is 3.54. The number of halogens is 2. The Morgan fingerprint density at radius 1 is 1.35 bits per heavy atom. The van der Waals surface area contributed by atoms with E-state index in [-0.39, 0.29) is 17.7 Å². The molecule has 88 valence electrons. The Bertz CT molecular complexity index is 546. The molecule has 6 heteroatoms. The Labute approximate surface area is 95.1 Å².